The van der Waals surface area contributed by atoms with Crippen LogP contribution < -0.4 is 21.3 Å². The predicted octanol–water partition coefficient (Wildman–Crippen LogP) is 1.01. The highest BCUT2D eigenvalue weighted by Gasteiger charge is 2.53. The van der Waals surface area contributed by atoms with Gasteiger partial charge in [-0.1, -0.05) is 0 Å². The van der Waals surface area contributed by atoms with Crippen LogP contribution in [0.2, 0.25) is 0 Å². The van der Waals surface area contributed by atoms with Crippen molar-refractivity contribution in [2.45, 2.75) is 104 Å². The maximum atomic E-state index is 11.7. The molecule has 0 bridgehead atoms. The number of urea groups is 4. The molecule has 4 heterocycles. The Bertz CT molecular complexity index is 720. The summed E-state index contributed by atoms with van der Waals surface area (Å²) in [5.41, 5.74) is 0. The molecule has 0 saturated carbocycles. The summed E-state index contributed by atoms with van der Waals surface area (Å²) in [4.78, 5) is 53.7. The first kappa shape index (κ1) is 23.7. The number of rotatable bonds is 4. The van der Waals surface area contributed by atoms with E-state index in [4.69, 9.17) is 0 Å². The molecule has 2 unspecified atom stereocenters. The fourth-order valence-corrected chi connectivity index (χ4v) is 4.74. The van der Waals surface area contributed by atoms with Gasteiger partial charge >= 0.3 is 24.1 Å². The molecule has 4 fully saturated rings. The van der Waals surface area contributed by atoms with E-state index < -0.39 is 0 Å². The predicted molar refractivity (Wildman–Crippen MR) is 117 cm³/mol. The Balaban J connectivity index is 0.000000181. The van der Waals surface area contributed by atoms with Crippen LogP contribution in [0.15, 0.2) is 0 Å². The van der Waals surface area contributed by atoms with Crippen LogP contribution in [0.5, 0.6) is 0 Å². The molecule has 12 nitrogen and oxygen atoms in total. The topological polar surface area (TPSA) is 129 Å². The fourth-order valence-electron chi connectivity index (χ4n) is 4.74. The number of fused-ring (bicyclic) bond motifs is 2. The second-order valence-corrected chi connectivity index (χ2v) is 9.58. The molecule has 0 radical (unpaired) electrons. The number of hydrogen-bond donors (Lipinski definition) is 4. The quantitative estimate of drug-likeness (QED) is 0.507. The molecule has 12 heteroatoms. The Morgan fingerprint density at radius 2 is 0.781 bits per heavy atom. The van der Waals surface area contributed by atoms with Crippen LogP contribution >= 0.6 is 0 Å². The monoisotopic (exact) mass is 452 g/mol. The molecule has 32 heavy (non-hydrogen) atoms. The Kier molecular flexibility index (Phi) is 6.34. The molecule has 4 aliphatic rings. The average Bonchev–Trinajstić information content (AvgIpc) is 3.30. The minimum atomic E-state index is -0.287. The molecule has 0 aliphatic carbocycles. The number of amides is 8. The number of carbonyl (C=O) groups excluding carboxylic acids is 4. The van der Waals surface area contributed by atoms with Gasteiger partial charge in [-0.25, -0.2) is 19.2 Å². The highest BCUT2D eigenvalue weighted by molar-refractivity contribution is 5.86. The van der Waals surface area contributed by atoms with Gasteiger partial charge in [0.05, 0.1) is 0 Å². The van der Waals surface area contributed by atoms with Gasteiger partial charge in [0.2, 0.25) is 0 Å². The van der Waals surface area contributed by atoms with E-state index in [9.17, 15) is 19.2 Å². The van der Waals surface area contributed by atoms with E-state index >= 15 is 0 Å². The van der Waals surface area contributed by atoms with Crippen LogP contribution in [0, 0.1) is 0 Å². The summed E-state index contributed by atoms with van der Waals surface area (Å²) in [5.74, 6) is 0. The first-order chi connectivity index (χ1) is 14.9. The molecule has 0 aromatic carbocycles. The molecule has 0 aromatic heterocycles. The highest BCUT2D eigenvalue weighted by atomic mass is 16.2. The molecular formula is C20H36N8O4. The summed E-state index contributed by atoms with van der Waals surface area (Å²) in [5, 5.41) is 11.2. The minimum absolute atomic E-state index is 0.0717. The summed E-state index contributed by atoms with van der Waals surface area (Å²) in [6, 6.07) is -0.171. The lowest BCUT2D eigenvalue weighted by Gasteiger charge is -2.34. The van der Waals surface area contributed by atoms with Crippen molar-refractivity contribution in [3.8, 4) is 0 Å². The molecular weight excluding hydrogens is 416 g/mol. The van der Waals surface area contributed by atoms with Crippen LogP contribution in [-0.2, 0) is 0 Å². The Hall–Kier alpha value is -2.92. The smallest absolute Gasteiger partial charge is 0.314 e. The molecule has 4 rings (SSSR count). The SMILES string of the molecule is CC(C)N1C(=O)NC2C1NC(=O)N2C(C)C.CC(C)N1C(=O)NC2NC(=O)N(C(C)C)C21. The highest BCUT2D eigenvalue weighted by Crippen LogP contribution is 2.26. The summed E-state index contributed by atoms with van der Waals surface area (Å²) in [6.07, 6.45) is -0.991. The third-order valence-electron chi connectivity index (χ3n) is 6.03. The lowest BCUT2D eigenvalue weighted by Crippen LogP contribution is -2.51. The van der Waals surface area contributed by atoms with Crippen molar-refractivity contribution < 1.29 is 19.2 Å². The van der Waals surface area contributed by atoms with Gasteiger partial charge in [-0.2, -0.15) is 0 Å². The first-order valence-corrected chi connectivity index (χ1v) is 11.2. The van der Waals surface area contributed by atoms with E-state index in [1.165, 1.54) is 0 Å². The van der Waals surface area contributed by atoms with Crippen LogP contribution in [0.1, 0.15) is 55.4 Å². The van der Waals surface area contributed by atoms with Crippen molar-refractivity contribution in [3.05, 3.63) is 0 Å². The van der Waals surface area contributed by atoms with Gasteiger partial charge in [0.15, 0.2) is 0 Å². The van der Waals surface area contributed by atoms with Gasteiger partial charge in [-0.15, -0.1) is 0 Å². The summed E-state index contributed by atoms with van der Waals surface area (Å²) in [7, 11) is 0. The van der Waals surface area contributed by atoms with E-state index in [1.807, 2.05) is 55.4 Å². The van der Waals surface area contributed by atoms with Crippen molar-refractivity contribution in [2.24, 2.45) is 0 Å². The molecule has 180 valence electrons. The average molecular weight is 453 g/mol. The second-order valence-electron chi connectivity index (χ2n) is 9.58. The number of carbonyl (C=O) groups is 4. The Labute approximate surface area is 189 Å². The van der Waals surface area contributed by atoms with Crippen molar-refractivity contribution in [1.29, 1.82) is 0 Å². The van der Waals surface area contributed by atoms with Crippen LogP contribution in [-0.4, -0.2) is 92.6 Å². The van der Waals surface area contributed by atoms with Crippen molar-refractivity contribution >= 4 is 24.1 Å². The van der Waals surface area contributed by atoms with Gasteiger partial charge in [0, 0.05) is 24.2 Å². The second kappa shape index (κ2) is 8.55. The van der Waals surface area contributed by atoms with E-state index in [1.54, 1.807) is 19.6 Å². The van der Waals surface area contributed by atoms with Gasteiger partial charge in [0.25, 0.3) is 0 Å². The minimum Gasteiger partial charge on any atom is -0.314 e. The molecule has 4 N–H and O–H groups in total. The Morgan fingerprint density at radius 3 is 1.06 bits per heavy atom. The lowest BCUT2D eigenvalue weighted by atomic mass is 10.2. The van der Waals surface area contributed by atoms with E-state index in [0.29, 0.717) is 0 Å². The van der Waals surface area contributed by atoms with E-state index in [2.05, 4.69) is 21.3 Å². The Morgan fingerprint density at radius 1 is 0.500 bits per heavy atom. The largest absolute Gasteiger partial charge is 0.321 e. The van der Waals surface area contributed by atoms with E-state index in [-0.39, 0.29) is 73.0 Å². The first-order valence-electron chi connectivity index (χ1n) is 11.2. The maximum absolute atomic E-state index is 11.7. The molecule has 0 spiro atoms. The number of nitrogens with zero attached hydrogens (tertiary/aromatic N) is 4. The third kappa shape index (κ3) is 3.86. The summed E-state index contributed by atoms with van der Waals surface area (Å²) >= 11 is 0. The van der Waals surface area contributed by atoms with Gasteiger partial charge in [0.1, 0.15) is 24.7 Å². The molecule has 4 aliphatic heterocycles. The maximum Gasteiger partial charge on any atom is 0.321 e. The molecule has 8 amide bonds. The molecule has 0 aromatic rings. The zero-order valence-electron chi connectivity index (χ0n) is 20.0. The van der Waals surface area contributed by atoms with Crippen LogP contribution in [0.3, 0.4) is 0 Å². The summed E-state index contributed by atoms with van der Waals surface area (Å²) < 4.78 is 0. The summed E-state index contributed by atoms with van der Waals surface area (Å²) in [6.45, 7) is 15.5. The normalized spacial score (nSPS) is 28.9. The number of hydrogen-bond acceptors (Lipinski definition) is 4. The zero-order chi connectivity index (χ0) is 24.1. The zero-order valence-corrected chi connectivity index (χ0v) is 20.0. The molecule has 2 atom stereocenters. The van der Waals surface area contributed by atoms with Gasteiger partial charge in [-0.05, 0) is 55.4 Å². The van der Waals surface area contributed by atoms with Crippen LogP contribution in [0.4, 0.5) is 19.2 Å². The van der Waals surface area contributed by atoms with Gasteiger partial charge < -0.3 is 21.3 Å². The van der Waals surface area contributed by atoms with Gasteiger partial charge in [-0.3, -0.25) is 19.6 Å². The fraction of sp³-hybridized carbons (Fsp3) is 0.800. The lowest BCUT2D eigenvalue weighted by molar-refractivity contribution is 0.0934. The third-order valence-corrected chi connectivity index (χ3v) is 6.03. The van der Waals surface area contributed by atoms with Crippen molar-refractivity contribution in [3.63, 3.8) is 0 Å². The number of nitrogens with one attached hydrogen (secondary N) is 4. The molecule has 4 saturated heterocycles. The van der Waals surface area contributed by atoms with E-state index in [0.717, 1.165) is 0 Å². The van der Waals surface area contributed by atoms with Crippen molar-refractivity contribution in [1.82, 2.24) is 40.9 Å². The van der Waals surface area contributed by atoms with Crippen LogP contribution in [0.25, 0.3) is 0 Å². The standard InChI is InChI=1S/2C10H18N4O2/c1-5(2)13-7-8(12-9(13)15)14(6(3)4)10(16)11-7;1-5(2)13-8-7(11-9(13)15)12-10(16)14(8)6(3)4/h5-8H,1-4H3,(H,11,16)(H,12,15);5-8H,1-4H3,(H,11,15)(H,12,16). The van der Waals surface area contributed by atoms with Crippen molar-refractivity contribution in [2.75, 3.05) is 0 Å².